The molecule has 0 heterocycles. The zero-order chi connectivity index (χ0) is 15.9. The van der Waals surface area contributed by atoms with Crippen molar-refractivity contribution in [2.45, 2.75) is 13.0 Å². The Balaban J connectivity index is 2.18. The van der Waals surface area contributed by atoms with Gasteiger partial charge in [0.2, 0.25) is 0 Å². The first-order chi connectivity index (χ1) is 10.6. The van der Waals surface area contributed by atoms with E-state index in [2.05, 4.69) is 6.07 Å². The van der Waals surface area contributed by atoms with Gasteiger partial charge in [-0.05, 0) is 36.3 Å². The lowest BCUT2D eigenvalue weighted by Gasteiger charge is -2.10. The number of hydrogen-bond donors (Lipinski definition) is 1. The number of ether oxygens (including phenoxy) is 1. The molecule has 0 aliphatic rings. The maximum absolute atomic E-state index is 10.7. The Kier molecular flexibility index (Phi) is 4.94. The van der Waals surface area contributed by atoms with E-state index in [9.17, 15) is 10.1 Å². The van der Waals surface area contributed by atoms with Crippen molar-refractivity contribution in [3.05, 3.63) is 65.7 Å². The third-order valence-electron chi connectivity index (χ3n) is 3.06. The molecule has 2 rings (SSSR count). The van der Waals surface area contributed by atoms with Gasteiger partial charge in [0.15, 0.2) is 6.10 Å². The summed E-state index contributed by atoms with van der Waals surface area (Å²) in [6.45, 7) is 1.47. The summed E-state index contributed by atoms with van der Waals surface area (Å²) in [5, 5.41) is 18.1. The normalized spacial score (nSPS) is 12.3. The molecule has 1 N–H and O–H groups in total. The molecule has 0 bridgehead atoms. The van der Waals surface area contributed by atoms with Crippen molar-refractivity contribution in [2.75, 3.05) is 0 Å². The number of carboxylic acids is 1. The van der Waals surface area contributed by atoms with Gasteiger partial charge in [-0.15, -0.1) is 0 Å². The van der Waals surface area contributed by atoms with Gasteiger partial charge in [-0.1, -0.05) is 42.5 Å². The highest BCUT2D eigenvalue weighted by Gasteiger charge is 2.11. The predicted molar refractivity (Wildman–Crippen MR) is 84.1 cm³/mol. The summed E-state index contributed by atoms with van der Waals surface area (Å²) in [6, 6.07) is 18.5. The zero-order valence-electron chi connectivity index (χ0n) is 12.1. The maximum Gasteiger partial charge on any atom is 0.344 e. The van der Waals surface area contributed by atoms with E-state index < -0.39 is 12.1 Å². The lowest BCUT2D eigenvalue weighted by molar-refractivity contribution is -0.144. The molecule has 0 amide bonds. The topological polar surface area (TPSA) is 70.3 Å². The number of rotatable bonds is 5. The van der Waals surface area contributed by atoms with Crippen molar-refractivity contribution in [1.82, 2.24) is 0 Å². The van der Waals surface area contributed by atoms with Crippen LogP contribution in [0.5, 0.6) is 5.75 Å². The number of carbonyl (C=O) groups is 1. The van der Waals surface area contributed by atoms with E-state index in [0.717, 1.165) is 11.1 Å². The summed E-state index contributed by atoms with van der Waals surface area (Å²) < 4.78 is 5.26. The van der Waals surface area contributed by atoms with Crippen LogP contribution in [-0.4, -0.2) is 17.2 Å². The monoisotopic (exact) mass is 293 g/mol. The Hall–Kier alpha value is -3.06. The van der Waals surface area contributed by atoms with Crippen LogP contribution >= 0.6 is 0 Å². The Bertz CT molecular complexity index is 712. The third kappa shape index (κ3) is 3.97. The van der Waals surface area contributed by atoms with Gasteiger partial charge >= 0.3 is 5.97 Å². The van der Waals surface area contributed by atoms with Crippen molar-refractivity contribution in [2.24, 2.45) is 0 Å². The molecule has 0 saturated carbocycles. The summed E-state index contributed by atoms with van der Waals surface area (Å²) in [5.74, 6) is -0.537. The van der Waals surface area contributed by atoms with Gasteiger partial charge in [0.05, 0.1) is 11.6 Å². The molecule has 0 spiro atoms. The molecule has 0 aliphatic carbocycles. The van der Waals surface area contributed by atoms with Crippen molar-refractivity contribution >= 4 is 17.6 Å². The van der Waals surface area contributed by atoms with Crippen LogP contribution in [0.4, 0.5) is 0 Å². The Labute approximate surface area is 128 Å². The second kappa shape index (κ2) is 7.09. The first-order valence-electron chi connectivity index (χ1n) is 6.77. The number of aliphatic carboxylic acids is 1. The number of nitriles is 1. The standard InChI is InChI=1S/C18H15NO3/c1-13(18(20)21)22-17-9-7-14(8-10-17)11-16(12-19)15-5-3-2-4-6-15/h2-11,13H,1H3,(H,20,21)/b16-11+/t13-/m0/s1. The minimum atomic E-state index is -1.01. The van der Waals surface area contributed by atoms with Gasteiger partial charge in [0, 0.05) is 0 Å². The van der Waals surface area contributed by atoms with E-state index in [1.807, 2.05) is 30.3 Å². The van der Waals surface area contributed by atoms with Gasteiger partial charge in [-0.2, -0.15) is 5.26 Å². The summed E-state index contributed by atoms with van der Waals surface area (Å²) in [5.41, 5.74) is 2.26. The molecular formula is C18H15NO3. The third-order valence-corrected chi connectivity index (χ3v) is 3.06. The molecule has 110 valence electrons. The molecule has 0 radical (unpaired) electrons. The Morgan fingerprint density at radius 3 is 2.36 bits per heavy atom. The van der Waals surface area contributed by atoms with Gasteiger partial charge in [-0.25, -0.2) is 4.79 Å². The Morgan fingerprint density at radius 2 is 1.82 bits per heavy atom. The summed E-state index contributed by atoms with van der Waals surface area (Å²) >= 11 is 0. The van der Waals surface area contributed by atoms with Crippen molar-refractivity contribution in [3.63, 3.8) is 0 Å². The van der Waals surface area contributed by atoms with Crippen LogP contribution in [0.15, 0.2) is 54.6 Å². The van der Waals surface area contributed by atoms with Gasteiger partial charge < -0.3 is 9.84 Å². The van der Waals surface area contributed by atoms with Gasteiger partial charge in [-0.3, -0.25) is 0 Å². The van der Waals surface area contributed by atoms with Crippen LogP contribution < -0.4 is 4.74 Å². The maximum atomic E-state index is 10.7. The zero-order valence-corrected chi connectivity index (χ0v) is 12.1. The van der Waals surface area contributed by atoms with Gasteiger partial charge in [0.25, 0.3) is 0 Å². The average molecular weight is 293 g/mol. The van der Waals surface area contributed by atoms with Crippen LogP contribution in [0, 0.1) is 11.3 Å². The van der Waals surface area contributed by atoms with Crippen molar-refractivity contribution < 1.29 is 14.6 Å². The molecule has 0 aromatic heterocycles. The fourth-order valence-corrected chi connectivity index (χ4v) is 1.86. The Morgan fingerprint density at radius 1 is 1.18 bits per heavy atom. The lowest BCUT2D eigenvalue weighted by atomic mass is 10.0. The number of hydrogen-bond acceptors (Lipinski definition) is 3. The molecular weight excluding hydrogens is 278 g/mol. The molecule has 2 aromatic carbocycles. The SMILES string of the molecule is C[C@H](Oc1ccc(/C=C(\C#N)c2ccccc2)cc1)C(=O)O. The second-order valence-corrected chi connectivity index (χ2v) is 4.70. The number of carboxylic acid groups (broad SMARTS) is 1. The van der Waals surface area contributed by atoms with E-state index in [0.29, 0.717) is 11.3 Å². The van der Waals surface area contributed by atoms with E-state index in [1.54, 1.807) is 30.3 Å². The molecule has 2 aromatic rings. The average Bonchev–Trinajstić information content (AvgIpc) is 2.54. The fraction of sp³-hybridized carbons (Fsp3) is 0.111. The van der Waals surface area contributed by atoms with E-state index in [-0.39, 0.29) is 0 Å². The van der Waals surface area contributed by atoms with Gasteiger partial charge in [0.1, 0.15) is 5.75 Å². The van der Waals surface area contributed by atoms with Crippen molar-refractivity contribution in [3.8, 4) is 11.8 Å². The molecule has 0 fully saturated rings. The molecule has 0 saturated heterocycles. The molecule has 4 nitrogen and oxygen atoms in total. The van der Waals surface area contributed by atoms with Crippen molar-refractivity contribution in [1.29, 1.82) is 5.26 Å². The number of benzene rings is 2. The minimum absolute atomic E-state index is 0.477. The lowest BCUT2D eigenvalue weighted by Crippen LogP contribution is -2.22. The molecule has 4 heteroatoms. The summed E-state index contributed by atoms with van der Waals surface area (Å²) in [7, 11) is 0. The fourth-order valence-electron chi connectivity index (χ4n) is 1.86. The summed E-state index contributed by atoms with van der Waals surface area (Å²) in [4.78, 5) is 10.7. The van der Waals surface area contributed by atoms with Crippen LogP contribution in [0.3, 0.4) is 0 Å². The molecule has 22 heavy (non-hydrogen) atoms. The first kappa shape index (κ1) is 15.3. The first-order valence-corrected chi connectivity index (χ1v) is 6.77. The smallest absolute Gasteiger partial charge is 0.344 e. The molecule has 0 unspecified atom stereocenters. The number of nitrogens with zero attached hydrogens (tertiary/aromatic N) is 1. The minimum Gasteiger partial charge on any atom is -0.479 e. The van der Waals surface area contributed by atoms with Crippen LogP contribution in [0.1, 0.15) is 18.1 Å². The second-order valence-electron chi connectivity index (χ2n) is 4.70. The highest BCUT2D eigenvalue weighted by Crippen LogP contribution is 2.20. The summed E-state index contributed by atoms with van der Waals surface area (Å²) in [6.07, 6.45) is 0.875. The van der Waals surface area contributed by atoms with E-state index in [4.69, 9.17) is 9.84 Å². The highest BCUT2D eigenvalue weighted by molar-refractivity contribution is 5.89. The van der Waals surface area contributed by atoms with E-state index in [1.165, 1.54) is 6.92 Å². The van der Waals surface area contributed by atoms with Crippen LogP contribution in [0.25, 0.3) is 11.6 Å². The highest BCUT2D eigenvalue weighted by atomic mass is 16.5. The molecule has 0 aliphatic heterocycles. The van der Waals surface area contributed by atoms with Crippen LogP contribution in [-0.2, 0) is 4.79 Å². The predicted octanol–water partition coefficient (Wildman–Crippen LogP) is 3.60. The van der Waals surface area contributed by atoms with E-state index >= 15 is 0 Å². The quantitative estimate of drug-likeness (QED) is 0.675. The largest absolute Gasteiger partial charge is 0.479 e. The number of allylic oxidation sites excluding steroid dienone is 1. The molecule has 1 atom stereocenters. The van der Waals surface area contributed by atoms with Crippen LogP contribution in [0.2, 0.25) is 0 Å².